The maximum Gasteiger partial charge on any atom is 0.259 e. The molecule has 0 aliphatic carbocycles. The number of aromatic carboxylic acids is 1. The number of hydrogen-bond acceptors (Lipinski definition) is 4. The van der Waals surface area contributed by atoms with E-state index in [1.165, 1.54) is 18.2 Å². The Kier molecular flexibility index (Phi) is 4.51. The van der Waals surface area contributed by atoms with Crippen LogP contribution in [0.1, 0.15) is 21.7 Å². The number of nitrogens with one attached hydrogen (secondary N) is 1. The molecule has 0 saturated heterocycles. The van der Waals surface area contributed by atoms with E-state index in [-0.39, 0.29) is 27.3 Å². The Bertz CT molecular complexity index is 1040. The first kappa shape index (κ1) is 16.4. The maximum absolute atomic E-state index is 12.1. The van der Waals surface area contributed by atoms with Crippen LogP contribution in [0, 0.1) is 0 Å². The summed E-state index contributed by atoms with van der Waals surface area (Å²) in [7, 11) is 0. The Morgan fingerprint density at radius 3 is 2.75 bits per heavy atom. The molecule has 5 nitrogen and oxygen atoms in total. The molecule has 0 amide bonds. The molecule has 0 saturated carbocycles. The van der Waals surface area contributed by atoms with E-state index in [4.69, 9.17) is 11.6 Å². The van der Waals surface area contributed by atoms with Crippen LogP contribution in [0.2, 0.25) is 0 Å². The lowest BCUT2D eigenvalue weighted by molar-refractivity contribution is -0.255. The van der Waals surface area contributed by atoms with E-state index in [0.29, 0.717) is 0 Å². The molecule has 0 unspecified atom stereocenters. The molecule has 120 valence electrons. The van der Waals surface area contributed by atoms with Crippen molar-refractivity contribution in [2.75, 3.05) is 0 Å². The van der Waals surface area contributed by atoms with Crippen molar-refractivity contribution in [2.24, 2.45) is 0 Å². The fraction of sp³-hybridized carbons (Fsp3) is 0. The molecule has 0 atom stereocenters. The largest absolute Gasteiger partial charge is 0.545 e. The van der Waals surface area contributed by atoms with Crippen molar-refractivity contribution >= 4 is 55.5 Å². The van der Waals surface area contributed by atoms with Gasteiger partial charge in [-0.2, -0.15) is 0 Å². The highest BCUT2D eigenvalue weighted by Gasteiger charge is 2.08. The molecule has 1 aromatic heterocycles. The minimum absolute atomic E-state index is 0.0568. The number of hydrogen-bond donors (Lipinski definition) is 1. The van der Waals surface area contributed by atoms with Crippen molar-refractivity contribution in [3.8, 4) is 0 Å². The maximum atomic E-state index is 12.1. The van der Waals surface area contributed by atoms with Gasteiger partial charge >= 0.3 is 0 Å². The van der Waals surface area contributed by atoms with Gasteiger partial charge in [-0.1, -0.05) is 45.7 Å². The van der Waals surface area contributed by atoms with Gasteiger partial charge in [-0.3, -0.25) is 4.79 Å². The second kappa shape index (κ2) is 6.59. The van der Waals surface area contributed by atoms with Crippen molar-refractivity contribution in [3.05, 3.63) is 74.2 Å². The first-order chi connectivity index (χ1) is 11.4. The standard InChI is InChI=1S/C17H10BrClN2O3/c18-11-3-1-2-9(6-11)7-13(19)15-20-14-8-10(17(23)24)4-5-12(14)16(22)21-15/h1-8H,(H,23,24)(H,20,21,22)/p-1/b13-7-. The third-order valence-electron chi connectivity index (χ3n) is 3.31. The summed E-state index contributed by atoms with van der Waals surface area (Å²) < 4.78 is 0.888. The van der Waals surface area contributed by atoms with Crippen molar-refractivity contribution in [1.29, 1.82) is 0 Å². The Morgan fingerprint density at radius 1 is 1.25 bits per heavy atom. The minimum atomic E-state index is -1.34. The number of aromatic nitrogens is 2. The van der Waals surface area contributed by atoms with Crippen LogP contribution in [0.25, 0.3) is 22.0 Å². The average Bonchev–Trinajstić information content (AvgIpc) is 2.54. The number of carbonyl (C=O) groups excluding carboxylic acids is 1. The van der Waals surface area contributed by atoms with E-state index in [0.717, 1.165) is 10.0 Å². The molecular formula is C17H9BrClN2O3-. The lowest BCUT2D eigenvalue weighted by atomic mass is 10.1. The number of halogens is 2. The first-order valence-electron chi connectivity index (χ1n) is 6.82. The molecule has 0 fully saturated rings. The van der Waals surface area contributed by atoms with Gasteiger partial charge in [0, 0.05) is 4.47 Å². The van der Waals surface area contributed by atoms with Crippen LogP contribution in [-0.4, -0.2) is 15.9 Å². The van der Waals surface area contributed by atoms with Crippen molar-refractivity contribution < 1.29 is 9.90 Å². The third-order valence-corrected chi connectivity index (χ3v) is 4.09. The summed E-state index contributed by atoms with van der Waals surface area (Å²) in [6.07, 6.45) is 1.65. The lowest BCUT2D eigenvalue weighted by Crippen LogP contribution is -2.22. The Balaban J connectivity index is 2.12. The molecule has 0 radical (unpaired) electrons. The molecule has 0 spiro atoms. The Morgan fingerprint density at radius 2 is 2.04 bits per heavy atom. The van der Waals surface area contributed by atoms with Gasteiger partial charge in [-0.25, -0.2) is 4.98 Å². The van der Waals surface area contributed by atoms with E-state index in [1.54, 1.807) is 6.08 Å². The van der Waals surface area contributed by atoms with Crippen LogP contribution < -0.4 is 10.7 Å². The zero-order valence-corrected chi connectivity index (χ0v) is 14.4. The minimum Gasteiger partial charge on any atom is -0.545 e. The summed E-state index contributed by atoms with van der Waals surface area (Å²) in [6.45, 7) is 0. The number of aromatic amines is 1. The van der Waals surface area contributed by atoms with Gasteiger partial charge < -0.3 is 14.9 Å². The normalized spacial score (nSPS) is 11.7. The lowest BCUT2D eigenvalue weighted by Gasteiger charge is -2.05. The topological polar surface area (TPSA) is 85.9 Å². The predicted octanol–water partition coefficient (Wildman–Crippen LogP) is 2.79. The van der Waals surface area contributed by atoms with E-state index >= 15 is 0 Å². The average molecular weight is 405 g/mol. The number of fused-ring (bicyclic) bond motifs is 1. The predicted molar refractivity (Wildman–Crippen MR) is 94.6 cm³/mol. The summed E-state index contributed by atoms with van der Waals surface area (Å²) >= 11 is 9.62. The number of benzene rings is 2. The van der Waals surface area contributed by atoms with Crippen LogP contribution in [0.4, 0.5) is 0 Å². The number of H-pyrrole nitrogens is 1. The molecule has 0 aliphatic rings. The fourth-order valence-electron chi connectivity index (χ4n) is 2.19. The summed E-state index contributed by atoms with van der Waals surface area (Å²) in [6, 6.07) is 11.4. The van der Waals surface area contributed by atoms with E-state index < -0.39 is 11.5 Å². The van der Waals surface area contributed by atoms with Crippen LogP contribution in [0.15, 0.2) is 51.7 Å². The second-order valence-corrected chi connectivity index (χ2v) is 6.30. The van der Waals surface area contributed by atoms with Crippen LogP contribution >= 0.6 is 27.5 Å². The van der Waals surface area contributed by atoms with E-state index in [2.05, 4.69) is 25.9 Å². The SMILES string of the molecule is O=C([O-])c1ccc2c(=O)[nH]c(/C(Cl)=C/c3cccc(Br)c3)nc2c1. The van der Waals surface area contributed by atoms with Gasteiger partial charge in [-0.15, -0.1) is 0 Å². The van der Waals surface area contributed by atoms with Gasteiger partial charge in [-0.05, 0) is 41.5 Å². The first-order valence-corrected chi connectivity index (χ1v) is 8.00. The van der Waals surface area contributed by atoms with Crippen LogP contribution in [0.5, 0.6) is 0 Å². The van der Waals surface area contributed by atoms with Crippen LogP contribution in [-0.2, 0) is 0 Å². The Hall–Kier alpha value is -2.44. The van der Waals surface area contributed by atoms with Gasteiger partial charge in [0.05, 0.1) is 21.9 Å². The molecule has 0 aliphatic heterocycles. The van der Waals surface area contributed by atoms with Crippen molar-refractivity contribution in [1.82, 2.24) is 9.97 Å². The summed E-state index contributed by atoms with van der Waals surface area (Å²) in [5.74, 6) is -1.18. The molecule has 24 heavy (non-hydrogen) atoms. The summed E-state index contributed by atoms with van der Waals surface area (Å²) in [5.41, 5.74) is 0.594. The van der Waals surface area contributed by atoms with E-state index in [1.807, 2.05) is 24.3 Å². The number of carbonyl (C=O) groups is 1. The van der Waals surface area contributed by atoms with Gasteiger partial charge in [0.2, 0.25) is 0 Å². The summed E-state index contributed by atoms with van der Waals surface area (Å²) in [5, 5.41) is 11.5. The van der Waals surface area contributed by atoms with Gasteiger partial charge in [0.1, 0.15) is 0 Å². The van der Waals surface area contributed by atoms with E-state index in [9.17, 15) is 14.7 Å². The summed E-state index contributed by atoms with van der Waals surface area (Å²) in [4.78, 5) is 29.9. The fourth-order valence-corrected chi connectivity index (χ4v) is 2.82. The van der Waals surface area contributed by atoms with Gasteiger partial charge in [0.25, 0.3) is 5.56 Å². The molecule has 2 aromatic carbocycles. The molecule has 3 aromatic rings. The highest BCUT2D eigenvalue weighted by Crippen LogP contribution is 2.22. The highest BCUT2D eigenvalue weighted by molar-refractivity contribution is 9.10. The smallest absolute Gasteiger partial charge is 0.259 e. The molecular weight excluding hydrogens is 396 g/mol. The second-order valence-electron chi connectivity index (χ2n) is 4.98. The third kappa shape index (κ3) is 3.39. The Labute approximate surface area is 149 Å². The zero-order chi connectivity index (χ0) is 17.3. The van der Waals surface area contributed by atoms with Gasteiger partial charge in [0.15, 0.2) is 5.82 Å². The molecule has 7 heteroatoms. The molecule has 1 N–H and O–H groups in total. The molecule has 3 rings (SSSR count). The highest BCUT2D eigenvalue weighted by atomic mass is 79.9. The number of nitrogens with zero attached hydrogens (tertiary/aromatic N) is 1. The monoisotopic (exact) mass is 403 g/mol. The number of carboxylic acid groups (broad SMARTS) is 1. The molecule has 1 heterocycles. The quantitative estimate of drug-likeness (QED) is 0.727. The zero-order valence-electron chi connectivity index (χ0n) is 12.0. The number of carboxylic acids is 1. The van der Waals surface area contributed by atoms with Crippen molar-refractivity contribution in [2.45, 2.75) is 0 Å². The number of rotatable bonds is 3. The van der Waals surface area contributed by atoms with Crippen LogP contribution in [0.3, 0.4) is 0 Å². The molecule has 0 bridgehead atoms. The van der Waals surface area contributed by atoms with Crippen molar-refractivity contribution in [3.63, 3.8) is 0 Å².